The Kier molecular flexibility index (Phi) is 5.08. The molecule has 0 heterocycles. The molecule has 0 bridgehead atoms. The van der Waals surface area contributed by atoms with Crippen molar-refractivity contribution < 1.29 is 39.5 Å². The third-order valence-electron chi connectivity index (χ3n) is 2.51. The average Bonchev–Trinajstić information content (AvgIpc) is 2.32. The summed E-state index contributed by atoms with van der Waals surface area (Å²) in [7, 11) is 0. The molecule has 0 amide bonds. The first-order chi connectivity index (χ1) is 10.2. The van der Waals surface area contributed by atoms with Gasteiger partial charge in [-0.05, 0) is 12.1 Å². The van der Waals surface area contributed by atoms with Gasteiger partial charge in [-0.3, -0.25) is 0 Å². The molecular formula is C12H7F9N2. The molecule has 0 aliphatic heterocycles. The third kappa shape index (κ3) is 5.88. The molecule has 0 spiro atoms. The van der Waals surface area contributed by atoms with Crippen LogP contribution in [0.3, 0.4) is 0 Å². The summed E-state index contributed by atoms with van der Waals surface area (Å²) in [5, 5.41) is 0. The van der Waals surface area contributed by atoms with Gasteiger partial charge in [0.25, 0.3) is 0 Å². The second-order valence-corrected chi connectivity index (χ2v) is 4.40. The van der Waals surface area contributed by atoms with Gasteiger partial charge in [-0.2, -0.15) is 39.5 Å². The summed E-state index contributed by atoms with van der Waals surface area (Å²) in [6, 6.07) is 1.25. The Bertz CT molecular complexity index is 577. The summed E-state index contributed by atoms with van der Waals surface area (Å²) in [4.78, 5) is 2.28. The standard InChI is InChI=1S/C12H7F9N2/c1-22-9-3-2-7(4-8(9)12(19,20)21)23(5-10(13,14)15)6-11(16,17)18/h2-4H,5-6H2. The van der Waals surface area contributed by atoms with Crippen LogP contribution in [-0.2, 0) is 6.18 Å². The van der Waals surface area contributed by atoms with Crippen LogP contribution in [0.4, 0.5) is 50.9 Å². The van der Waals surface area contributed by atoms with Gasteiger partial charge in [-0.1, -0.05) is 6.07 Å². The first-order valence-electron chi connectivity index (χ1n) is 5.70. The summed E-state index contributed by atoms with van der Waals surface area (Å²) in [6.45, 7) is 2.42. The van der Waals surface area contributed by atoms with E-state index in [2.05, 4.69) is 4.85 Å². The van der Waals surface area contributed by atoms with Crippen LogP contribution < -0.4 is 4.90 Å². The lowest BCUT2D eigenvalue weighted by molar-refractivity contribution is -0.137. The normalized spacial score (nSPS) is 12.9. The SMILES string of the molecule is [C-]#[N+]c1ccc(N(CC(F)(F)F)CC(F)(F)F)cc1C(F)(F)F. The van der Waals surface area contributed by atoms with Crippen LogP contribution in [0.5, 0.6) is 0 Å². The van der Waals surface area contributed by atoms with E-state index in [0.717, 1.165) is 0 Å². The molecule has 0 aliphatic carbocycles. The first-order valence-corrected chi connectivity index (χ1v) is 5.70. The predicted octanol–water partition coefficient (Wildman–Crippen LogP) is 5.19. The van der Waals surface area contributed by atoms with Crippen molar-refractivity contribution in [2.75, 3.05) is 18.0 Å². The largest absolute Gasteiger partial charge is 0.407 e. The highest BCUT2D eigenvalue weighted by Crippen LogP contribution is 2.39. The highest BCUT2D eigenvalue weighted by atomic mass is 19.4. The third-order valence-corrected chi connectivity index (χ3v) is 2.51. The number of hydrogen-bond donors (Lipinski definition) is 0. The van der Waals surface area contributed by atoms with E-state index in [1.54, 1.807) is 0 Å². The summed E-state index contributed by atoms with van der Waals surface area (Å²) in [5.41, 5.74) is -3.45. The van der Waals surface area contributed by atoms with Gasteiger partial charge in [0, 0.05) is 5.69 Å². The van der Waals surface area contributed by atoms with Gasteiger partial charge in [-0.15, -0.1) is 0 Å². The predicted molar refractivity (Wildman–Crippen MR) is 62.0 cm³/mol. The molecule has 0 unspecified atom stereocenters. The number of halogens is 9. The molecule has 1 aromatic rings. The Balaban J connectivity index is 3.34. The number of anilines is 1. The molecular weight excluding hydrogens is 343 g/mol. The van der Waals surface area contributed by atoms with Crippen LogP contribution >= 0.6 is 0 Å². The van der Waals surface area contributed by atoms with E-state index < -0.39 is 48.6 Å². The van der Waals surface area contributed by atoms with E-state index in [-0.39, 0.29) is 11.0 Å². The van der Waals surface area contributed by atoms with Crippen molar-refractivity contribution >= 4 is 11.4 Å². The first kappa shape index (κ1) is 18.9. The molecule has 1 aromatic carbocycles. The molecule has 128 valence electrons. The van der Waals surface area contributed by atoms with Gasteiger partial charge in [-0.25, -0.2) is 4.85 Å². The summed E-state index contributed by atoms with van der Waals surface area (Å²) in [5.74, 6) is 0. The Morgan fingerprint density at radius 2 is 1.35 bits per heavy atom. The number of hydrogen-bond acceptors (Lipinski definition) is 1. The summed E-state index contributed by atoms with van der Waals surface area (Å²) >= 11 is 0. The summed E-state index contributed by atoms with van der Waals surface area (Å²) < 4.78 is 112. The molecule has 1 rings (SSSR count). The molecule has 0 atom stereocenters. The molecule has 0 saturated heterocycles. The number of rotatable bonds is 3. The maximum atomic E-state index is 12.7. The second-order valence-electron chi connectivity index (χ2n) is 4.40. The smallest absolute Gasteiger partial charge is 0.354 e. The van der Waals surface area contributed by atoms with E-state index in [0.29, 0.717) is 12.1 Å². The van der Waals surface area contributed by atoms with E-state index in [1.807, 2.05) is 0 Å². The van der Waals surface area contributed by atoms with Gasteiger partial charge < -0.3 is 4.90 Å². The number of nitrogens with zero attached hydrogens (tertiary/aromatic N) is 2. The topological polar surface area (TPSA) is 7.60 Å². The molecule has 2 nitrogen and oxygen atoms in total. The highest BCUT2D eigenvalue weighted by molar-refractivity contribution is 5.62. The van der Waals surface area contributed by atoms with Gasteiger partial charge in [0.05, 0.1) is 12.1 Å². The van der Waals surface area contributed by atoms with Crippen molar-refractivity contribution in [3.63, 3.8) is 0 Å². The zero-order valence-electron chi connectivity index (χ0n) is 10.9. The summed E-state index contributed by atoms with van der Waals surface area (Å²) in [6.07, 6.45) is -15.2. The quantitative estimate of drug-likeness (QED) is 0.538. The van der Waals surface area contributed by atoms with Crippen LogP contribution in [0.1, 0.15) is 5.56 Å². The monoisotopic (exact) mass is 350 g/mol. The van der Waals surface area contributed by atoms with Crippen molar-refractivity contribution in [1.82, 2.24) is 0 Å². The number of benzene rings is 1. The Morgan fingerprint density at radius 3 is 1.70 bits per heavy atom. The van der Waals surface area contributed by atoms with Crippen molar-refractivity contribution in [3.05, 3.63) is 35.2 Å². The lowest BCUT2D eigenvalue weighted by Gasteiger charge is -2.27. The fourth-order valence-electron chi connectivity index (χ4n) is 1.72. The zero-order valence-corrected chi connectivity index (χ0v) is 10.9. The highest BCUT2D eigenvalue weighted by Gasteiger charge is 2.39. The maximum absolute atomic E-state index is 12.7. The Morgan fingerprint density at radius 1 is 0.870 bits per heavy atom. The molecule has 0 aromatic heterocycles. The molecule has 23 heavy (non-hydrogen) atoms. The van der Waals surface area contributed by atoms with Crippen molar-refractivity contribution in [1.29, 1.82) is 0 Å². The van der Waals surface area contributed by atoms with Crippen molar-refractivity contribution in [2.24, 2.45) is 0 Å². The fraction of sp³-hybridized carbons (Fsp3) is 0.417. The molecule has 11 heteroatoms. The second kappa shape index (κ2) is 6.17. The van der Waals surface area contributed by atoms with Gasteiger partial charge in [0.15, 0.2) is 5.69 Å². The van der Waals surface area contributed by atoms with E-state index in [4.69, 9.17) is 6.57 Å². The van der Waals surface area contributed by atoms with E-state index in [9.17, 15) is 39.5 Å². The van der Waals surface area contributed by atoms with Crippen LogP contribution in [0, 0.1) is 6.57 Å². The lowest BCUT2D eigenvalue weighted by Crippen LogP contribution is -2.40. The molecule has 0 fully saturated rings. The van der Waals surface area contributed by atoms with Crippen LogP contribution in [0.15, 0.2) is 18.2 Å². The minimum absolute atomic E-state index is 0.102. The van der Waals surface area contributed by atoms with Gasteiger partial charge >= 0.3 is 18.5 Å². The average molecular weight is 350 g/mol. The van der Waals surface area contributed by atoms with Gasteiger partial charge in [0.2, 0.25) is 0 Å². The van der Waals surface area contributed by atoms with Crippen LogP contribution in [-0.4, -0.2) is 25.4 Å². The molecule has 0 N–H and O–H groups in total. The van der Waals surface area contributed by atoms with Crippen LogP contribution in [0.2, 0.25) is 0 Å². The van der Waals surface area contributed by atoms with Crippen molar-refractivity contribution in [2.45, 2.75) is 18.5 Å². The fourth-order valence-corrected chi connectivity index (χ4v) is 1.72. The lowest BCUT2D eigenvalue weighted by atomic mass is 10.1. The minimum Gasteiger partial charge on any atom is -0.354 e. The Labute approximate surface area is 123 Å². The van der Waals surface area contributed by atoms with Crippen molar-refractivity contribution in [3.8, 4) is 0 Å². The zero-order chi connectivity index (χ0) is 18.1. The van der Waals surface area contributed by atoms with E-state index >= 15 is 0 Å². The maximum Gasteiger partial charge on any atom is 0.407 e. The molecule has 0 aliphatic rings. The van der Waals surface area contributed by atoms with E-state index in [1.165, 1.54) is 0 Å². The van der Waals surface area contributed by atoms with Gasteiger partial charge in [0.1, 0.15) is 13.1 Å². The van der Waals surface area contributed by atoms with Crippen LogP contribution in [0.25, 0.3) is 4.85 Å². The minimum atomic E-state index is -5.09. The number of alkyl halides is 9. The molecule has 0 saturated carbocycles. The Hall–Kier alpha value is -2.12. The molecule has 0 radical (unpaired) electrons.